The van der Waals surface area contributed by atoms with Crippen molar-refractivity contribution in [3.63, 3.8) is 0 Å². The van der Waals surface area contributed by atoms with Gasteiger partial charge in [-0.05, 0) is 24.1 Å². The van der Waals surface area contributed by atoms with Crippen LogP contribution < -0.4 is 5.73 Å². The Kier molecular flexibility index (Phi) is 3.92. The topological polar surface area (TPSA) is 57.9 Å². The first-order chi connectivity index (χ1) is 10.4. The molecule has 1 aliphatic heterocycles. The minimum absolute atomic E-state index is 0.196. The molecule has 3 rings (SSSR count). The molecule has 2 aromatic rings. The fourth-order valence-corrected chi connectivity index (χ4v) is 2.75. The number of likely N-dealkylation sites (tertiary alicyclic amines) is 1. The van der Waals surface area contributed by atoms with Crippen LogP contribution in [0.1, 0.15) is 17.5 Å². The van der Waals surface area contributed by atoms with E-state index in [1.54, 1.807) is 6.20 Å². The monoisotopic (exact) mass is 310 g/mol. The summed E-state index contributed by atoms with van der Waals surface area (Å²) in [6.45, 7) is 2.46. The lowest BCUT2D eigenvalue weighted by molar-refractivity contribution is -0.137. The summed E-state index contributed by atoms with van der Waals surface area (Å²) >= 11 is 0. The van der Waals surface area contributed by atoms with Crippen LogP contribution in [0.15, 0.2) is 30.5 Å². The van der Waals surface area contributed by atoms with Gasteiger partial charge in [-0.25, -0.2) is 0 Å². The standard InChI is InChI=1S/C15H17F3N4/c16-15(17,18)12-3-1-10(2-4-12)14-11(7-20-21-14)8-22-6-5-13(19)9-22/h1-4,7,13H,5-6,8-9,19H2,(H,20,21). The molecule has 0 bridgehead atoms. The zero-order chi connectivity index (χ0) is 15.7. The number of nitrogens with one attached hydrogen (secondary N) is 1. The molecule has 1 unspecified atom stereocenters. The molecule has 1 aliphatic rings. The van der Waals surface area contributed by atoms with Crippen molar-refractivity contribution in [2.45, 2.75) is 25.2 Å². The van der Waals surface area contributed by atoms with Crippen molar-refractivity contribution in [3.05, 3.63) is 41.6 Å². The first-order valence-electron chi connectivity index (χ1n) is 7.11. The minimum atomic E-state index is -4.32. The van der Waals surface area contributed by atoms with Gasteiger partial charge in [-0.1, -0.05) is 12.1 Å². The van der Waals surface area contributed by atoms with Crippen molar-refractivity contribution >= 4 is 0 Å². The van der Waals surface area contributed by atoms with Crippen LogP contribution in [-0.4, -0.2) is 34.2 Å². The first kappa shape index (κ1) is 15.1. The van der Waals surface area contributed by atoms with Crippen LogP contribution in [0.2, 0.25) is 0 Å². The van der Waals surface area contributed by atoms with Crippen LogP contribution in [0.5, 0.6) is 0 Å². The van der Waals surface area contributed by atoms with E-state index in [-0.39, 0.29) is 6.04 Å². The maximum absolute atomic E-state index is 12.6. The van der Waals surface area contributed by atoms with E-state index in [1.807, 2.05) is 0 Å². The fraction of sp³-hybridized carbons (Fsp3) is 0.400. The molecule has 1 atom stereocenters. The molecule has 22 heavy (non-hydrogen) atoms. The van der Waals surface area contributed by atoms with Crippen LogP contribution >= 0.6 is 0 Å². The summed E-state index contributed by atoms with van der Waals surface area (Å²) in [5.74, 6) is 0. The van der Waals surface area contributed by atoms with Crippen LogP contribution in [0.25, 0.3) is 11.3 Å². The van der Waals surface area contributed by atoms with Crippen LogP contribution in [0.3, 0.4) is 0 Å². The number of halogens is 3. The Morgan fingerprint density at radius 3 is 2.59 bits per heavy atom. The second-order valence-corrected chi connectivity index (χ2v) is 5.63. The molecule has 0 amide bonds. The number of aromatic nitrogens is 2. The second kappa shape index (κ2) is 5.73. The molecular formula is C15H17F3N4. The molecule has 118 valence electrons. The van der Waals surface area contributed by atoms with Crippen LogP contribution in [0.4, 0.5) is 13.2 Å². The summed E-state index contributed by atoms with van der Waals surface area (Å²) in [5.41, 5.74) is 7.66. The van der Waals surface area contributed by atoms with Crippen molar-refractivity contribution in [1.82, 2.24) is 15.1 Å². The van der Waals surface area contributed by atoms with Gasteiger partial charge in [0.05, 0.1) is 17.5 Å². The number of H-pyrrole nitrogens is 1. The Labute approximate surface area is 126 Å². The van der Waals surface area contributed by atoms with E-state index in [2.05, 4.69) is 15.1 Å². The zero-order valence-corrected chi connectivity index (χ0v) is 11.9. The minimum Gasteiger partial charge on any atom is -0.326 e. The summed E-state index contributed by atoms with van der Waals surface area (Å²) in [7, 11) is 0. The molecule has 0 radical (unpaired) electrons. The van der Waals surface area contributed by atoms with Crippen molar-refractivity contribution < 1.29 is 13.2 Å². The Morgan fingerprint density at radius 1 is 1.27 bits per heavy atom. The smallest absolute Gasteiger partial charge is 0.326 e. The quantitative estimate of drug-likeness (QED) is 0.916. The van der Waals surface area contributed by atoms with Gasteiger partial charge in [0.1, 0.15) is 0 Å². The first-order valence-corrected chi connectivity index (χ1v) is 7.11. The number of aromatic amines is 1. The number of benzene rings is 1. The molecule has 4 nitrogen and oxygen atoms in total. The maximum Gasteiger partial charge on any atom is 0.416 e. The summed E-state index contributed by atoms with van der Waals surface area (Å²) in [6.07, 6.45) is -1.63. The van der Waals surface area contributed by atoms with Crippen LogP contribution in [0, 0.1) is 0 Å². The molecule has 1 fully saturated rings. The van der Waals surface area contributed by atoms with Crippen molar-refractivity contribution in [2.24, 2.45) is 5.73 Å². The van der Waals surface area contributed by atoms with Gasteiger partial charge in [0, 0.05) is 31.2 Å². The normalized spacial score (nSPS) is 19.7. The third-order valence-corrected chi connectivity index (χ3v) is 3.92. The number of hydrogen-bond donors (Lipinski definition) is 2. The highest BCUT2D eigenvalue weighted by molar-refractivity contribution is 5.63. The largest absolute Gasteiger partial charge is 0.416 e. The van der Waals surface area contributed by atoms with Crippen molar-refractivity contribution in [3.8, 4) is 11.3 Å². The van der Waals surface area contributed by atoms with E-state index in [9.17, 15) is 13.2 Å². The van der Waals surface area contributed by atoms with Crippen LogP contribution in [-0.2, 0) is 12.7 Å². The molecule has 2 heterocycles. The second-order valence-electron chi connectivity index (χ2n) is 5.63. The van der Waals surface area contributed by atoms with Gasteiger partial charge in [-0.15, -0.1) is 0 Å². The van der Waals surface area contributed by atoms with E-state index in [0.717, 1.165) is 42.9 Å². The molecule has 0 aliphatic carbocycles. The Bertz CT molecular complexity index is 633. The summed E-state index contributed by atoms with van der Waals surface area (Å²) in [4.78, 5) is 2.23. The SMILES string of the molecule is NC1CCN(Cc2cn[nH]c2-c2ccc(C(F)(F)F)cc2)C1. The summed E-state index contributed by atoms with van der Waals surface area (Å²) in [5, 5.41) is 6.90. The van der Waals surface area contributed by atoms with Gasteiger partial charge in [-0.2, -0.15) is 18.3 Å². The van der Waals surface area contributed by atoms with E-state index in [4.69, 9.17) is 5.73 Å². The van der Waals surface area contributed by atoms with Crippen molar-refractivity contribution in [2.75, 3.05) is 13.1 Å². The lowest BCUT2D eigenvalue weighted by atomic mass is 10.1. The molecule has 1 aromatic heterocycles. The molecular weight excluding hydrogens is 293 g/mol. The van der Waals surface area contributed by atoms with Gasteiger partial charge in [0.25, 0.3) is 0 Å². The zero-order valence-electron chi connectivity index (χ0n) is 11.9. The van der Waals surface area contributed by atoms with E-state index in [1.165, 1.54) is 12.1 Å². The van der Waals surface area contributed by atoms with Gasteiger partial charge >= 0.3 is 6.18 Å². The van der Waals surface area contributed by atoms with Gasteiger partial charge < -0.3 is 5.73 Å². The van der Waals surface area contributed by atoms with E-state index in [0.29, 0.717) is 12.1 Å². The fourth-order valence-electron chi connectivity index (χ4n) is 2.75. The number of nitrogens with two attached hydrogens (primary N) is 1. The molecule has 0 saturated carbocycles. The highest BCUT2D eigenvalue weighted by Crippen LogP contribution is 2.31. The third kappa shape index (κ3) is 3.15. The maximum atomic E-state index is 12.6. The Hall–Kier alpha value is -1.86. The number of alkyl halides is 3. The predicted molar refractivity (Wildman–Crippen MR) is 76.9 cm³/mol. The van der Waals surface area contributed by atoms with Gasteiger partial charge in [0.15, 0.2) is 0 Å². The van der Waals surface area contributed by atoms with Gasteiger partial charge in [-0.3, -0.25) is 10.00 Å². The lowest BCUT2D eigenvalue weighted by Crippen LogP contribution is -2.26. The predicted octanol–water partition coefficient (Wildman–Crippen LogP) is 2.63. The lowest BCUT2D eigenvalue weighted by Gasteiger charge is -2.15. The Balaban J connectivity index is 1.79. The van der Waals surface area contributed by atoms with E-state index < -0.39 is 11.7 Å². The molecule has 1 saturated heterocycles. The summed E-state index contributed by atoms with van der Waals surface area (Å²) in [6, 6.07) is 5.31. The van der Waals surface area contributed by atoms with E-state index >= 15 is 0 Å². The summed E-state index contributed by atoms with van der Waals surface area (Å²) < 4.78 is 37.8. The molecule has 0 spiro atoms. The number of rotatable bonds is 3. The average molecular weight is 310 g/mol. The average Bonchev–Trinajstić information content (AvgIpc) is 3.08. The Morgan fingerprint density at radius 2 is 2.00 bits per heavy atom. The van der Waals surface area contributed by atoms with Gasteiger partial charge in [0.2, 0.25) is 0 Å². The number of hydrogen-bond acceptors (Lipinski definition) is 3. The highest BCUT2D eigenvalue weighted by Gasteiger charge is 2.30. The molecule has 3 N–H and O–H groups in total. The molecule has 7 heteroatoms. The molecule has 1 aromatic carbocycles. The third-order valence-electron chi connectivity index (χ3n) is 3.92. The highest BCUT2D eigenvalue weighted by atomic mass is 19.4. The number of nitrogens with zero attached hydrogens (tertiary/aromatic N) is 2. The van der Waals surface area contributed by atoms with Crippen molar-refractivity contribution in [1.29, 1.82) is 0 Å².